The average Bonchev–Trinajstić information content (AvgIpc) is 2.76. The Morgan fingerprint density at radius 2 is 1.72 bits per heavy atom. The first-order chi connectivity index (χ1) is 14.2. The Bertz CT molecular complexity index is 846. The van der Waals surface area contributed by atoms with Gasteiger partial charge in [0, 0.05) is 18.6 Å². The Kier molecular flexibility index (Phi) is 6.15. The molecule has 4 atom stereocenters. The molecule has 4 unspecified atom stereocenters. The number of esters is 1. The normalized spacial score (nSPS) is 27.9. The van der Waals surface area contributed by atoms with Crippen LogP contribution in [0, 0.1) is 11.8 Å². The lowest BCUT2D eigenvalue weighted by Crippen LogP contribution is -2.61. The van der Waals surface area contributed by atoms with Crippen molar-refractivity contribution in [2.24, 2.45) is 11.8 Å². The lowest BCUT2D eigenvalue weighted by atomic mass is 9.64. The number of carbonyl (C=O) groups is 1. The summed E-state index contributed by atoms with van der Waals surface area (Å²) in [6.07, 6.45) is 5.19. The Hall–Kier alpha value is -2.39. The predicted molar refractivity (Wildman–Crippen MR) is 116 cm³/mol. The second-order valence-corrected chi connectivity index (χ2v) is 8.25. The molecule has 0 amide bonds. The number of hydrogen-bond donors (Lipinski definition) is 0. The van der Waals surface area contributed by atoms with Crippen LogP contribution in [-0.4, -0.2) is 29.6 Å². The summed E-state index contributed by atoms with van der Waals surface area (Å²) in [5.74, 6) is 0.358. The number of carbonyl (C=O) groups excluding carboxylic acids is 1. The van der Waals surface area contributed by atoms with E-state index in [9.17, 15) is 4.79 Å². The van der Waals surface area contributed by atoms with E-state index in [-0.39, 0.29) is 17.9 Å². The zero-order chi connectivity index (χ0) is 20.2. The van der Waals surface area contributed by atoms with Crippen molar-refractivity contribution in [1.29, 1.82) is 0 Å². The molecule has 3 nitrogen and oxygen atoms in total. The number of ether oxygens (including phenoxy) is 1. The molecule has 2 aliphatic heterocycles. The monoisotopic (exact) mass is 389 g/mol. The molecule has 3 aliphatic rings. The number of fused-ring (bicyclic) bond motifs is 3. The van der Waals surface area contributed by atoms with E-state index in [0.29, 0.717) is 18.6 Å². The van der Waals surface area contributed by atoms with Crippen molar-refractivity contribution < 1.29 is 9.53 Å². The minimum Gasteiger partial charge on any atom is -0.466 e. The molecule has 3 fully saturated rings. The molecule has 1 saturated carbocycles. The first kappa shape index (κ1) is 19.9. The van der Waals surface area contributed by atoms with E-state index in [4.69, 9.17) is 4.74 Å². The van der Waals surface area contributed by atoms with Gasteiger partial charge in [-0.15, -0.1) is 0 Å². The molecule has 2 saturated heterocycles. The van der Waals surface area contributed by atoms with Crippen molar-refractivity contribution in [2.75, 3.05) is 6.61 Å². The first-order valence-electron chi connectivity index (χ1n) is 10.9. The third kappa shape index (κ3) is 4.16. The molecule has 0 spiro atoms. The Morgan fingerprint density at radius 1 is 1.07 bits per heavy atom. The van der Waals surface area contributed by atoms with Crippen LogP contribution >= 0.6 is 0 Å². The summed E-state index contributed by atoms with van der Waals surface area (Å²) in [4.78, 5) is 15.4. The van der Waals surface area contributed by atoms with Crippen LogP contribution in [0.2, 0.25) is 0 Å². The second-order valence-electron chi connectivity index (χ2n) is 8.25. The fourth-order valence-electron chi connectivity index (χ4n) is 5.33. The molecule has 0 aromatic heterocycles. The minimum atomic E-state index is -0.0283. The van der Waals surface area contributed by atoms with E-state index >= 15 is 0 Å². The van der Waals surface area contributed by atoms with Crippen molar-refractivity contribution in [3.05, 3.63) is 83.4 Å². The SMILES string of the molecule is CC=C1CC2C(C(=O)OCC)CC1C(Cc1ccccc1)N2Cc1ccccc1. The third-order valence-corrected chi connectivity index (χ3v) is 6.67. The van der Waals surface area contributed by atoms with E-state index in [1.54, 1.807) is 0 Å². The Balaban J connectivity index is 1.68. The van der Waals surface area contributed by atoms with Crippen molar-refractivity contribution >= 4 is 5.97 Å². The highest BCUT2D eigenvalue weighted by Crippen LogP contribution is 2.48. The Morgan fingerprint density at radius 3 is 2.34 bits per heavy atom. The van der Waals surface area contributed by atoms with Crippen molar-refractivity contribution in [3.63, 3.8) is 0 Å². The van der Waals surface area contributed by atoms with Crippen LogP contribution in [0.5, 0.6) is 0 Å². The van der Waals surface area contributed by atoms with Gasteiger partial charge in [0.2, 0.25) is 0 Å². The third-order valence-electron chi connectivity index (χ3n) is 6.67. The van der Waals surface area contributed by atoms with Gasteiger partial charge in [-0.2, -0.15) is 0 Å². The highest BCUT2D eigenvalue weighted by atomic mass is 16.5. The highest BCUT2D eigenvalue weighted by Gasteiger charge is 2.51. The predicted octanol–water partition coefficient (Wildman–Crippen LogP) is 5.02. The molecule has 1 aliphatic carbocycles. The molecule has 2 aromatic carbocycles. The molecule has 29 heavy (non-hydrogen) atoms. The summed E-state index contributed by atoms with van der Waals surface area (Å²) in [5.41, 5.74) is 4.19. The lowest BCUT2D eigenvalue weighted by molar-refractivity contribution is -0.157. The van der Waals surface area contributed by atoms with E-state index in [1.165, 1.54) is 16.7 Å². The topological polar surface area (TPSA) is 29.5 Å². The first-order valence-corrected chi connectivity index (χ1v) is 10.9. The molecule has 2 aromatic rings. The van der Waals surface area contributed by atoms with Gasteiger partial charge in [-0.25, -0.2) is 0 Å². The van der Waals surface area contributed by atoms with Crippen molar-refractivity contribution in [1.82, 2.24) is 4.90 Å². The fraction of sp³-hybridized carbons (Fsp3) is 0.423. The summed E-state index contributed by atoms with van der Waals surface area (Å²) in [6.45, 7) is 5.38. The number of piperidine rings is 2. The van der Waals surface area contributed by atoms with Crippen LogP contribution in [0.15, 0.2) is 72.3 Å². The molecule has 0 N–H and O–H groups in total. The van der Waals surface area contributed by atoms with Gasteiger partial charge in [-0.1, -0.05) is 72.3 Å². The second kappa shape index (κ2) is 8.96. The van der Waals surface area contributed by atoms with Crippen LogP contribution in [0.3, 0.4) is 0 Å². The minimum absolute atomic E-state index is 0.0196. The zero-order valence-electron chi connectivity index (χ0n) is 17.5. The van der Waals surface area contributed by atoms with E-state index in [1.807, 2.05) is 6.92 Å². The maximum atomic E-state index is 12.8. The van der Waals surface area contributed by atoms with Crippen LogP contribution in [0.4, 0.5) is 0 Å². The summed E-state index contributed by atoms with van der Waals surface area (Å²) >= 11 is 0. The van der Waals surface area contributed by atoms with Gasteiger partial charge in [0.05, 0.1) is 12.5 Å². The lowest BCUT2D eigenvalue weighted by Gasteiger charge is -2.55. The van der Waals surface area contributed by atoms with Gasteiger partial charge in [-0.3, -0.25) is 9.69 Å². The van der Waals surface area contributed by atoms with Gasteiger partial charge in [-0.05, 0) is 50.2 Å². The average molecular weight is 390 g/mol. The maximum absolute atomic E-state index is 12.8. The molecule has 2 bridgehead atoms. The number of rotatable bonds is 6. The number of hydrogen-bond acceptors (Lipinski definition) is 3. The summed E-state index contributed by atoms with van der Waals surface area (Å²) in [7, 11) is 0. The largest absolute Gasteiger partial charge is 0.466 e. The summed E-state index contributed by atoms with van der Waals surface area (Å²) in [6, 6.07) is 22.0. The zero-order valence-corrected chi connectivity index (χ0v) is 17.5. The summed E-state index contributed by atoms with van der Waals surface area (Å²) in [5, 5.41) is 0. The fourth-order valence-corrected chi connectivity index (χ4v) is 5.33. The summed E-state index contributed by atoms with van der Waals surface area (Å²) < 4.78 is 5.47. The van der Waals surface area contributed by atoms with Gasteiger partial charge < -0.3 is 4.74 Å². The van der Waals surface area contributed by atoms with Crippen LogP contribution < -0.4 is 0 Å². The molecule has 5 rings (SSSR count). The quantitative estimate of drug-likeness (QED) is 0.513. The molecule has 2 heterocycles. The highest BCUT2D eigenvalue weighted by molar-refractivity contribution is 5.74. The van der Waals surface area contributed by atoms with Crippen molar-refractivity contribution in [3.8, 4) is 0 Å². The number of allylic oxidation sites excluding steroid dienone is 1. The maximum Gasteiger partial charge on any atom is 0.310 e. The van der Waals surface area contributed by atoms with E-state index in [2.05, 4.69) is 78.6 Å². The number of benzene rings is 2. The van der Waals surface area contributed by atoms with Crippen LogP contribution in [0.1, 0.15) is 37.8 Å². The molecule has 3 heteroatoms. The standard InChI is InChI=1S/C26H31NO2/c1-3-21-16-25-23(26(28)29-4-2)17-22(21)24(15-19-11-7-5-8-12-19)27(25)18-20-13-9-6-10-14-20/h3,5-14,22-25H,4,15-18H2,1-2H3. The van der Waals surface area contributed by atoms with Gasteiger partial charge >= 0.3 is 5.97 Å². The molecular formula is C26H31NO2. The molecular weight excluding hydrogens is 358 g/mol. The Labute approximate surface area is 174 Å². The van der Waals surface area contributed by atoms with Gasteiger partial charge in [0.1, 0.15) is 0 Å². The number of nitrogens with zero attached hydrogens (tertiary/aromatic N) is 1. The smallest absolute Gasteiger partial charge is 0.310 e. The molecule has 0 radical (unpaired) electrons. The van der Waals surface area contributed by atoms with Gasteiger partial charge in [0.15, 0.2) is 0 Å². The molecule has 152 valence electrons. The van der Waals surface area contributed by atoms with E-state index < -0.39 is 0 Å². The van der Waals surface area contributed by atoms with Gasteiger partial charge in [0.25, 0.3) is 0 Å². The van der Waals surface area contributed by atoms with Crippen LogP contribution in [-0.2, 0) is 22.5 Å². The van der Waals surface area contributed by atoms with Crippen LogP contribution in [0.25, 0.3) is 0 Å². The van der Waals surface area contributed by atoms with E-state index in [0.717, 1.165) is 25.8 Å². The van der Waals surface area contributed by atoms with Crippen molar-refractivity contribution in [2.45, 2.75) is 51.7 Å².